The fourth-order valence-electron chi connectivity index (χ4n) is 0.595. The Morgan fingerprint density at radius 3 is 2.36 bits per heavy atom. The van der Waals surface area contributed by atoms with Crippen LogP contribution in [0.15, 0.2) is 0 Å². The maximum absolute atomic E-state index is 12.4. The van der Waals surface area contributed by atoms with Crippen LogP contribution in [0, 0.1) is 0 Å². The molecule has 3 nitrogen and oxygen atoms in total. The molecule has 0 aliphatic rings. The second-order valence-corrected chi connectivity index (χ2v) is 2.30. The maximum atomic E-state index is 12.4. The van der Waals surface area contributed by atoms with Crippen LogP contribution in [-0.4, -0.2) is 23.5 Å². The van der Waals surface area contributed by atoms with Gasteiger partial charge in [0.25, 0.3) is 5.92 Å². The van der Waals surface area contributed by atoms with E-state index in [2.05, 4.69) is 5.73 Å². The summed E-state index contributed by atoms with van der Waals surface area (Å²) in [4.78, 5) is 10.1. The van der Waals surface area contributed by atoms with E-state index in [0.29, 0.717) is 0 Å². The van der Waals surface area contributed by atoms with E-state index in [1.807, 2.05) is 0 Å². The molecular formula is C6H11F2NO2. The van der Waals surface area contributed by atoms with Gasteiger partial charge in [-0.25, -0.2) is 8.78 Å². The average Bonchev–Trinajstić information content (AvgIpc) is 1.84. The van der Waals surface area contributed by atoms with Gasteiger partial charge >= 0.3 is 0 Å². The predicted octanol–water partition coefficient (Wildman–Crippen LogP) is 0.270. The highest BCUT2D eigenvalue weighted by molar-refractivity contribution is 5.73. The number of hydrogen-bond donors (Lipinski definition) is 2. The number of carbonyl (C=O) groups is 1. The molecule has 0 bridgehead atoms. The molecule has 0 aromatic carbocycles. The van der Waals surface area contributed by atoms with E-state index in [0.717, 1.165) is 0 Å². The summed E-state index contributed by atoms with van der Waals surface area (Å²) < 4.78 is 24.8. The molecule has 0 radical (unpaired) electrons. The fourth-order valence-corrected chi connectivity index (χ4v) is 0.595. The van der Waals surface area contributed by atoms with Gasteiger partial charge in [0.1, 0.15) is 0 Å². The van der Waals surface area contributed by atoms with E-state index in [4.69, 9.17) is 5.11 Å². The highest BCUT2D eigenvalue weighted by Gasteiger charge is 2.27. The van der Waals surface area contributed by atoms with Gasteiger partial charge in [-0.05, 0) is 0 Å². The van der Waals surface area contributed by atoms with Gasteiger partial charge in [-0.3, -0.25) is 4.79 Å². The normalized spacial score (nSPS) is 11.5. The van der Waals surface area contributed by atoms with Crippen molar-refractivity contribution in [3.05, 3.63) is 0 Å². The first kappa shape index (κ1) is 10.3. The molecule has 0 rings (SSSR count). The smallest absolute Gasteiger partial charge is 0.250 e. The SMILES string of the molecule is NC(=O)CCC(F)(F)CCO. The molecule has 0 saturated heterocycles. The molecule has 0 spiro atoms. The standard InChI is InChI=1S/C6H11F2NO2/c7-6(8,3-4-10)2-1-5(9)11/h10H,1-4H2,(H2,9,11). The molecule has 0 saturated carbocycles. The van der Waals surface area contributed by atoms with Crippen LogP contribution in [0.3, 0.4) is 0 Å². The summed E-state index contributed by atoms with van der Waals surface area (Å²) in [6, 6.07) is 0. The van der Waals surface area contributed by atoms with Gasteiger partial charge in [-0.15, -0.1) is 0 Å². The van der Waals surface area contributed by atoms with Gasteiger partial charge in [-0.1, -0.05) is 0 Å². The quantitative estimate of drug-likeness (QED) is 0.617. The van der Waals surface area contributed by atoms with Gasteiger partial charge in [0.15, 0.2) is 0 Å². The van der Waals surface area contributed by atoms with Crippen LogP contribution in [0.4, 0.5) is 8.78 Å². The maximum Gasteiger partial charge on any atom is 0.250 e. The molecule has 0 aliphatic heterocycles. The first-order valence-corrected chi connectivity index (χ1v) is 3.25. The Balaban J connectivity index is 3.63. The van der Waals surface area contributed by atoms with Crippen LogP contribution in [0.1, 0.15) is 19.3 Å². The Morgan fingerprint density at radius 1 is 1.45 bits per heavy atom. The highest BCUT2D eigenvalue weighted by Crippen LogP contribution is 2.23. The van der Waals surface area contributed by atoms with Gasteiger partial charge < -0.3 is 10.8 Å². The Labute approximate surface area is 63.2 Å². The molecule has 0 fully saturated rings. The summed E-state index contributed by atoms with van der Waals surface area (Å²) in [7, 11) is 0. The predicted molar refractivity (Wildman–Crippen MR) is 35.1 cm³/mol. The summed E-state index contributed by atoms with van der Waals surface area (Å²) in [5.41, 5.74) is 4.66. The Hall–Kier alpha value is -0.710. The number of carbonyl (C=O) groups excluding carboxylic acids is 1. The molecule has 5 heteroatoms. The molecule has 0 aromatic rings. The van der Waals surface area contributed by atoms with E-state index in [-0.39, 0.29) is 6.42 Å². The second-order valence-electron chi connectivity index (χ2n) is 2.30. The summed E-state index contributed by atoms with van der Waals surface area (Å²) in [5, 5.41) is 8.17. The summed E-state index contributed by atoms with van der Waals surface area (Å²) in [6.07, 6.45) is -1.53. The average molecular weight is 167 g/mol. The Morgan fingerprint density at radius 2 is 2.00 bits per heavy atom. The number of aliphatic hydroxyl groups excluding tert-OH is 1. The molecule has 1 amide bonds. The molecule has 0 heterocycles. The molecule has 66 valence electrons. The Bertz CT molecular complexity index is 139. The minimum absolute atomic E-state index is 0.340. The number of alkyl halides is 2. The highest BCUT2D eigenvalue weighted by atomic mass is 19.3. The van der Waals surface area contributed by atoms with Crippen molar-refractivity contribution in [3.8, 4) is 0 Å². The second kappa shape index (κ2) is 4.23. The monoisotopic (exact) mass is 167 g/mol. The van der Waals surface area contributed by atoms with Gasteiger partial charge in [0.05, 0.1) is 0 Å². The van der Waals surface area contributed by atoms with Crippen molar-refractivity contribution in [1.29, 1.82) is 0 Å². The van der Waals surface area contributed by atoms with Crippen molar-refractivity contribution in [1.82, 2.24) is 0 Å². The molecule has 0 aliphatic carbocycles. The van der Waals surface area contributed by atoms with Crippen molar-refractivity contribution in [2.45, 2.75) is 25.2 Å². The third-order valence-corrected chi connectivity index (χ3v) is 1.21. The minimum atomic E-state index is -2.97. The van der Waals surface area contributed by atoms with Crippen LogP contribution in [-0.2, 0) is 4.79 Å². The lowest BCUT2D eigenvalue weighted by atomic mass is 10.1. The molecular weight excluding hydrogens is 156 g/mol. The molecule has 0 atom stereocenters. The third kappa shape index (κ3) is 5.72. The molecule has 0 aromatic heterocycles. The molecule has 11 heavy (non-hydrogen) atoms. The van der Waals surface area contributed by atoms with Crippen LogP contribution in [0.2, 0.25) is 0 Å². The van der Waals surface area contributed by atoms with E-state index in [1.165, 1.54) is 0 Å². The van der Waals surface area contributed by atoms with Crippen molar-refractivity contribution < 1.29 is 18.7 Å². The van der Waals surface area contributed by atoms with Crippen molar-refractivity contribution in [2.75, 3.05) is 6.61 Å². The minimum Gasteiger partial charge on any atom is -0.396 e. The number of halogens is 2. The lowest BCUT2D eigenvalue weighted by Gasteiger charge is -2.12. The number of hydrogen-bond acceptors (Lipinski definition) is 2. The van der Waals surface area contributed by atoms with Crippen LogP contribution in [0.25, 0.3) is 0 Å². The number of aliphatic hydroxyl groups is 1. The van der Waals surface area contributed by atoms with Gasteiger partial charge in [0, 0.05) is 25.9 Å². The topological polar surface area (TPSA) is 63.3 Å². The Kier molecular flexibility index (Phi) is 3.95. The number of nitrogens with two attached hydrogens (primary N) is 1. The van der Waals surface area contributed by atoms with E-state index < -0.39 is 31.3 Å². The summed E-state index contributed by atoms with van der Waals surface area (Å²) in [5.74, 6) is -3.72. The lowest BCUT2D eigenvalue weighted by molar-refractivity contribution is -0.120. The lowest BCUT2D eigenvalue weighted by Crippen LogP contribution is -2.21. The zero-order chi connectivity index (χ0) is 8.91. The van der Waals surface area contributed by atoms with Crippen LogP contribution in [0.5, 0.6) is 0 Å². The van der Waals surface area contributed by atoms with Crippen molar-refractivity contribution >= 4 is 5.91 Å². The molecule has 3 N–H and O–H groups in total. The first-order valence-electron chi connectivity index (χ1n) is 3.25. The van der Waals surface area contributed by atoms with Crippen LogP contribution >= 0.6 is 0 Å². The fraction of sp³-hybridized carbons (Fsp3) is 0.833. The number of rotatable bonds is 5. The zero-order valence-corrected chi connectivity index (χ0v) is 6.02. The zero-order valence-electron chi connectivity index (χ0n) is 6.02. The van der Waals surface area contributed by atoms with Gasteiger partial charge in [-0.2, -0.15) is 0 Å². The third-order valence-electron chi connectivity index (χ3n) is 1.21. The van der Waals surface area contributed by atoms with E-state index in [1.54, 1.807) is 0 Å². The summed E-state index contributed by atoms with van der Waals surface area (Å²) in [6.45, 7) is -0.578. The largest absolute Gasteiger partial charge is 0.396 e. The van der Waals surface area contributed by atoms with Crippen LogP contribution < -0.4 is 5.73 Å². The van der Waals surface area contributed by atoms with E-state index in [9.17, 15) is 13.6 Å². The van der Waals surface area contributed by atoms with Crippen molar-refractivity contribution in [2.24, 2.45) is 5.73 Å². The number of amides is 1. The van der Waals surface area contributed by atoms with Crippen molar-refractivity contribution in [3.63, 3.8) is 0 Å². The van der Waals surface area contributed by atoms with Gasteiger partial charge in [0.2, 0.25) is 5.91 Å². The number of primary amides is 1. The van der Waals surface area contributed by atoms with E-state index >= 15 is 0 Å². The molecule has 0 unspecified atom stereocenters. The summed E-state index contributed by atoms with van der Waals surface area (Å²) >= 11 is 0. The first-order chi connectivity index (χ1) is 4.98.